The standard InChI is InChI=1S/C26H29Br2ClN3O2/c27-20-12-18-2-1-17-13-21(29)14-22(28)24(17)26(34,25(18)31-15-20)19-5-9-32(10-6-19)23(33)11-16-3-7-30-8-4-16/h12-16,19,34H,1-11H2/q-1. The van der Waals surface area contributed by atoms with E-state index >= 15 is 0 Å². The first kappa shape index (κ1) is 24.7. The predicted molar refractivity (Wildman–Crippen MR) is 141 cm³/mol. The molecule has 1 aromatic heterocycles. The summed E-state index contributed by atoms with van der Waals surface area (Å²) in [6, 6.07) is 5.91. The normalized spacial score (nSPS) is 23.8. The second-order valence-electron chi connectivity index (χ2n) is 9.82. The summed E-state index contributed by atoms with van der Waals surface area (Å²) in [5.41, 5.74) is 2.47. The zero-order valence-electron chi connectivity index (χ0n) is 19.1. The Bertz CT molecular complexity index is 1080. The van der Waals surface area contributed by atoms with E-state index in [0.29, 0.717) is 30.5 Å². The number of rotatable bonds is 3. The molecule has 5 nitrogen and oxygen atoms in total. The van der Waals surface area contributed by atoms with Crippen LogP contribution in [-0.4, -0.2) is 47.1 Å². The lowest BCUT2D eigenvalue weighted by Crippen LogP contribution is -2.47. The molecule has 8 heteroatoms. The molecule has 2 fully saturated rings. The molecule has 1 N–H and O–H groups in total. The van der Waals surface area contributed by atoms with E-state index in [9.17, 15) is 9.90 Å². The molecule has 2 saturated heterocycles. The number of aryl methyl sites for hydroxylation is 2. The summed E-state index contributed by atoms with van der Waals surface area (Å²) in [6.07, 6.45) is 7.47. The molecule has 5 rings (SSSR count). The highest BCUT2D eigenvalue weighted by Gasteiger charge is 2.47. The van der Waals surface area contributed by atoms with Crippen molar-refractivity contribution in [2.45, 2.75) is 50.5 Å². The molecule has 1 atom stereocenters. The third-order valence-electron chi connectivity index (χ3n) is 7.77. The summed E-state index contributed by atoms with van der Waals surface area (Å²) in [4.78, 5) is 19.8. The molecule has 0 bridgehead atoms. The van der Waals surface area contributed by atoms with Gasteiger partial charge in [-0.2, -0.15) is 0 Å². The van der Waals surface area contributed by atoms with Crippen molar-refractivity contribution in [2.24, 2.45) is 11.8 Å². The maximum atomic E-state index is 13.0. The molecular formula is C26H29Br2ClN3O2-. The lowest BCUT2D eigenvalue weighted by molar-refractivity contribution is -0.135. The molecule has 182 valence electrons. The van der Waals surface area contributed by atoms with Gasteiger partial charge in [0.1, 0.15) is 5.60 Å². The minimum Gasteiger partial charge on any atom is -0.662 e. The molecule has 0 radical (unpaired) electrons. The van der Waals surface area contributed by atoms with Gasteiger partial charge in [-0.25, -0.2) is 0 Å². The first-order valence-electron chi connectivity index (χ1n) is 12.1. The number of fused-ring (bicyclic) bond motifs is 2. The maximum Gasteiger partial charge on any atom is 0.222 e. The van der Waals surface area contributed by atoms with Crippen molar-refractivity contribution in [3.8, 4) is 0 Å². The SMILES string of the molecule is O=C(CC1CC[N-]CC1)N1CCC(C2(O)c3ncc(Br)cc3CCc3cc(Cl)cc(Br)c32)CC1. The Kier molecular flexibility index (Phi) is 7.39. The molecule has 1 aliphatic carbocycles. The Labute approximate surface area is 222 Å². The number of halogens is 3. The predicted octanol–water partition coefficient (Wildman–Crippen LogP) is 6.01. The minimum atomic E-state index is -1.24. The van der Waals surface area contributed by atoms with Crippen molar-refractivity contribution >= 4 is 49.4 Å². The van der Waals surface area contributed by atoms with Crippen LogP contribution >= 0.6 is 43.5 Å². The van der Waals surface area contributed by atoms with Crippen molar-refractivity contribution in [1.29, 1.82) is 0 Å². The van der Waals surface area contributed by atoms with Gasteiger partial charge in [-0.1, -0.05) is 40.4 Å². The number of aliphatic hydroxyl groups is 1. The van der Waals surface area contributed by atoms with Gasteiger partial charge >= 0.3 is 0 Å². The number of amides is 1. The van der Waals surface area contributed by atoms with Gasteiger partial charge < -0.3 is 15.3 Å². The average Bonchev–Trinajstić information content (AvgIpc) is 2.94. The molecule has 1 aromatic carbocycles. The zero-order chi connectivity index (χ0) is 23.9. The maximum absolute atomic E-state index is 13.0. The number of aromatic nitrogens is 1. The van der Waals surface area contributed by atoms with Gasteiger partial charge in [-0.05, 0) is 76.9 Å². The lowest BCUT2D eigenvalue weighted by Gasteiger charge is -2.43. The molecule has 1 unspecified atom stereocenters. The number of pyridine rings is 1. The van der Waals surface area contributed by atoms with Crippen molar-refractivity contribution in [3.63, 3.8) is 0 Å². The van der Waals surface area contributed by atoms with Crippen LogP contribution < -0.4 is 0 Å². The van der Waals surface area contributed by atoms with Crippen LogP contribution in [0.4, 0.5) is 0 Å². The summed E-state index contributed by atoms with van der Waals surface area (Å²) < 4.78 is 1.73. The van der Waals surface area contributed by atoms with E-state index in [1.165, 1.54) is 0 Å². The van der Waals surface area contributed by atoms with E-state index in [4.69, 9.17) is 16.6 Å². The average molecular weight is 611 g/mol. The number of benzene rings is 1. The van der Waals surface area contributed by atoms with E-state index in [1.54, 1.807) is 6.20 Å². The van der Waals surface area contributed by atoms with Crippen LogP contribution in [0.3, 0.4) is 0 Å². The number of carbonyl (C=O) groups excluding carboxylic acids is 1. The molecule has 3 heterocycles. The third kappa shape index (κ3) is 4.71. The summed E-state index contributed by atoms with van der Waals surface area (Å²) >= 11 is 13.7. The van der Waals surface area contributed by atoms with Gasteiger partial charge in [0.2, 0.25) is 5.91 Å². The summed E-state index contributed by atoms with van der Waals surface area (Å²) in [5.74, 6) is 0.650. The first-order chi connectivity index (χ1) is 16.4. The van der Waals surface area contributed by atoms with E-state index in [0.717, 1.165) is 82.9 Å². The highest BCUT2D eigenvalue weighted by Crippen LogP contribution is 2.49. The number of piperidine rings is 2. The molecule has 0 spiro atoms. The van der Waals surface area contributed by atoms with Crippen LogP contribution in [0, 0.1) is 11.8 Å². The summed E-state index contributed by atoms with van der Waals surface area (Å²) in [5, 5.41) is 17.6. The van der Waals surface area contributed by atoms with Gasteiger partial charge in [0, 0.05) is 51.2 Å². The van der Waals surface area contributed by atoms with Gasteiger partial charge in [0.25, 0.3) is 0 Å². The van der Waals surface area contributed by atoms with Crippen LogP contribution in [0.2, 0.25) is 5.02 Å². The van der Waals surface area contributed by atoms with E-state index < -0.39 is 5.60 Å². The minimum absolute atomic E-state index is 0.0493. The van der Waals surface area contributed by atoms with E-state index in [2.05, 4.69) is 43.2 Å². The Morgan fingerprint density at radius 1 is 1.12 bits per heavy atom. The fourth-order valence-electron chi connectivity index (χ4n) is 5.98. The molecular weight excluding hydrogens is 582 g/mol. The van der Waals surface area contributed by atoms with Crippen LogP contribution in [0.25, 0.3) is 5.32 Å². The topological polar surface area (TPSA) is 67.5 Å². The second-order valence-corrected chi connectivity index (χ2v) is 12.0. The third-order valence-corrected chi connectivity index (χ3v) is 9.05. The van der Waals surface area contributed by atoms with Gasteiger partial charge in [0.15, 0.2) is 0 Å². The molecule has 0 saturated carbocycles. The fourth-order valence-corrected chi connectivity index (χ4v) is 7.54. The van der Waals surface area contributed by atoms with Crippen molar-refractivity contribution in [1.82, 2.24) is 9.88 Å². The Hall–Kier alpha value is -0.990. The Morgan fingerprint density at radius 2 is 1.82 bits per heavy atom. The number of hydrogen-bond acceptors (Lipinski definition) is 3. The van der Waals surface area contributed by atoms with Crippen LogP contribution in [0.15, 0.2) is 33.3 Å². The summed E-state index contributed by atoms with van der Waals surface area (Å²) in [7, 11) is 0. The monoisotopic (exact) mass is 608 g/mol. The lowest BCUT2D eigenvalue weighted by atomic mass is 9.72. The van der Waals surface area contributed by atoms with E-state index in [1.807, 2.05) is 17.0 Å². The van der Waals surface area contributed by atoms with Crippen molar-refractivity contribution in [3.05, 3.63) is 66.1 Å². The number of carbonyl (C=O) groups is 1. The van der Waals surface area contributed by atoms with Crippen molar-refractivity contribution in [2.75, 3.05) is 26.2 Å². The van der Waals surface area contributed by atoms with Gasteiger partial charge in [-0.15, -0.1) is 13.1 Å². The number of likely N-dealkylation sites (tertiary alicyclic amines) is 1. The summed E-state index contributed by atoms with van der Waals surface area (Å²) in [6.45, 7) is 3.09. The van der Waals surface area contributed by atoms with Crippen molar-refractivity contribution < 1.29 is 9.90 Å². The van der Waals surface area contributed by atoms with Crippen LogP contribution in [0.5, 0.6) is 0 Å². The first-order valence-corrected chi connectivity index (χ1v) is 14.1. The number of hydrogen-bond donors (Lipinski definition) is 1. The quantitative estimate of drug-likeness (QED) is 0.463. The highest BCUT2D eigenvalue weighted by molar-refractivity contribution is 9.10. The largest absolute Gasteiger partial charge is 0.662 e. The molecule has 1 amide bonds. The highest BCUT2D eigenvalue weighted by atomic mass is 79.9. The Balaban J connectivity index is 1.43. The molecule has 3 aliphatic rings. The number of nitrogens with zero attached hydrogens (tertiary/aromatic N) is 3. The Morgan fingerprint density at radius 3 is 2.56 bits per heavy atom. The van der Waals surface area contributed by atoms with Gasteiger partial charge in [-0.3, -0.25) is 9.78 Å². The van der Waals surface area contributed by atoms with Crippen LogP contribution in [-0.2, 0) is 23.2 Å². The van der Waals surface area contributed by atoms with Crippen LogP contribution in [0.1, 0.15) is 54.5 Å². The molecule has 34 heavy (non-hydrogen) atoms. The van der Waals surface area contributed by atoms with E-state index in [-0.39, 0.29) is 11.8 Å². The zero-order valence-corrected chi connectivity index (χ0v) is 23.0. The second kappa shape index (κ2) is 10.2. The van der Waals surface area contributed by atoms with Gasteiger partial charge in [0.05, 0.1) is 5.69 Å². The smallest absolute Gasteiger partial charge is 0.222 e. The fraction of sp³-hybridized carbons (Fsp3) is 0.538. The molecule has 2 aromatic rings. The molecule has 2 aliphatic heterocycles.